The summed E-state index contributed by atoms with van der Waals surface area (Å²) in [6.07, 6.45) is 3.47. The quantitative estimate of drug-likeness (QED) is 0.773. The molecule has 0 saturated heterocycles. The van der Waals surface area contributed by atoms with Crippen LogP contribution in [0.3, 0.4) is 0 Å². The minimum atomic E-state index is 0.482. The second-order valence-electron chi connectivity index (χ2n) is 4.15. The molecule has 0 aliphatic rings. The molecule has 2 N–H and O–H groups in total. The summed E-state index contributed by atoms with van der Waals surface area (Å²) in [7, 11) is 0. The maximum Gasteiger partial charge on any atom is 0.227 e. The van der Waals surface area contributed by atoms with Crippen LogP contribution in [0, 0.1) is 0 Å². The molecule has 17 heavy (non-hydrogen) atoms. The number of anilines is 1. The zero-order valence-electron chi connectivity index (χ0n) is 9.68. The predicted molar refractivity (Wildman–Crippen MR) is 71.4 cm³/mol. The van der Waals surface area contributed by atoms with Gasteiger partial charge in [-0.25, -0.2) is 0 Å². The van der Waals surface area contributed by atoms with Crippen molar-refractivity contribution in [2.45, 2.75) is 26.2 Å². The number of nitrogen functional groups attached to an aromatic ring is 1. The summed E-state index contributed by atoms with van der Waals surface area (Å²) in [4.78, 5) is 0.876. The van der Waals surface area contributed by atoms with Crippen LogP contribution in [0.4, 0.5) is 5.95 Å². The number of hydrogen-bond donors (Lipinski definition) is 1. The molecule has 1 aromatic carbocycles. The van der Waals surface area contributed by atoms with Crippen molar-refractivity contribution in [2.24, 2.45) is 0 Å². The molecule has 0 amide bonds. The number of thiazole rings is 1. The molecule has 3 aromatic rings. The second kappa shape index (κ2) is 4.00. The number of rotatable bonds is 3. The Labute approximate surface area is 103 Å². The van der Waals surface area contributed by atoms with Crippen molar-refractivity contribution in [1.82, 2.24) is 14.6 Å². The Balaban J connectivity index is 2.29. The zero-order valence-corrected chi connectivity index (χ0v) is 10.5. The third-order valence-corrected chi connectivity index (χ3v) is 3.96. The molecule has 0 spiro atoms. The van der Waals surface area contributed by atoms with Gasteiger partial charge < -0.3 is 5.73 Å². The maximum atomic E-state index is 5.88. The molecule has 3 rings (SSSR count). The van der Waals surface area contributed by atoms with Crippen molar-refractivity contribution in [3.63, 3.8) is 0 Å². The topological polar surface area (TPSA) is 56.2 Å². The van der Waals surface area contributed by atoms with Gasteiger partial charge in [0.2, 0.25) is 10.9 Å². The molecule has 0 unspecified atom stereocenters. The number of hydrogen-bond acceptors (Lipinski definition) is 4. The summed E-state index contributed by atoms with van der Waals surface area (Å²) in [5.41, 5.74) is 8.40. The lowest BCUT2D eigenvalue weighted by Gasteiger charge is -2.03. The van der Waals surface area contributed by atoms with Crippen molar-refractivity contribution in [2.75, 3.05) is 5.73 Å². The molecule has 0 fully saturated rings. The van der Waals surface area contributed by atoms with E-state index in [1.165, 1.54) is 28.6 Å². The Kier molecular flexibility index (Phi) is 2.48. The number of para-hydroxylation sites is 1. The predicted octanol–water partition coefficient (Wildman–Crippen LogP) is 2.87. The summed E-state index contributed by atoms with van der Waals surface area (Å²) in [5.74, 6) is 0.482. The Hall–Kier alpha value is -1.62. The average molecular weight is 246 g/mol. The number of unbranched alkanes of at least 4 members (excludes halogenated alkanes) is 1. The van der Waals surface area contributed by atoms with E-state index >= 15 is 0 Å². The standard InChI is InChI=1S/C12H14N4S/c1-2-3-5-8-6-4-7-9-10(8)16-11(13)14-15-12(16)17-9/h4,6-7H,2-3,5H2,1H3,(H2,13,14). The number of aryl methyl sites for hydroxylation is 1. The first kappa shape index (κ1) is 10.5. The molecule has 0 aliphatic heterocycles. The molecule has 0 saturated carbocycles. The van der Waals surface area contributed by atoms with E-state index in [1.54, 1.807) is 11.3 Å². The molecule has 0 bridgehead atoms. The molecule has 0 aliphatic carbocycles. The largest absolute Gasteiger partial charge is 0.368 e. The highest BCUT2D eigenvalue weighted by Gasteiger charge is 2.12. The second-order valence-corrected chi connectivity index (χ2v) is 5.15. The van der Waals surface area contributed by atoms with E-state index in [9.17, 15) is 0 Å². The summed E-state index contributed by atoms with van der Waals surface area (Å²) >= 11 is 1.64. The van der Waals surface area contributed by atoms with E-state index in [0.29, 0.717) is 5.95 Å². The Bertz CT molecular complexity index is 668. The van der Waals surface area contributed by atoms with E-state index in [1.807, 2.05) is 4.40 Å². The Morgan fingerprint density at radius 2 is 2.24 bits per heavy atom. The van der Waals surface area contributed by atoms with Crippen LogP contribution in [0.1, 0.15) is 25.3 Å². The van der Waals surface area contributed by atoms with Crippen LogP contribution >= 0.6 is 11.3 Å². The van der Waals surface area contributed by atoms with Gasteiger partial charge >= 0.3 is 0 Å². The van der Waals surface area contributed by atoms with Crippen molar-refractivity contribution < 1.29 is 0 Å². The van der Waals surface area contributed by atoms with Crippen LogP contribution in [0.2, 0.25) is 0 Å². The molecule has 0 radical (unpaired) electrons. The molecule has 4 nitrogen and oxygen atoms in total. The van der Waals surface area contributed by atoms with Gasteiger partial charge in [0.05, 0.1) is 10.2 Å². The lowest BCUT2D eigenvalue weighted by molar-refractivity contribution is 0.797. The number of nitrogens with two attached hydrogens (primary N) is 1. The van der Waals surface area contributed by atoms with Gasteiger partial charge in [-0.3, -0.25) is 4.40 Å². The van der Waals surface area contributed by atoms with Gasteiger partial charge in [-0.2, -0.15) is 0 Å². The number of aromatic nitrogens is 3. The smallest absolute Gasteiger partial charge is 0.227 e. The molecular formula is C12H14N4S. The van der Waals surface area contributed by atoms with Gasteiger partial charge in [0.15, 0.2) is 0 Å². The first-order chi connectivity index (χ1) is 8.31. The normalized spacial score (nSPS) is 11.6. The van der Waals surface area contributed by atoms with Gasteiger partial charge in [-0.05, 0) is 24.5 Å². The Morgan fingerprint density at radius 3 is 3.06 bits per heavy atom. The maximum absolute atomic E-state index is 5.88. The lowest BCUT2D eigenvalue weighted by Crippen LogP contribution is -1.95. The van der Waals surface area contributed by atoms with E-state index in [-0.39, 0.29) is 0 Å². The Morgan fingerprint density at radius 1 is 1.35 bits per heavy atom. The van der Waals surface area contributed by atoms with Crippen molar-refractivity contribution in [1.29, 1.82) is 0 Å². The molecule has 0 atom stereocenters. The van der Waals surface area contributed by atoms with Crippen molar-refractivity contribution >= 4 is 32.5 Å². The first-order valence-electron chi connectivity index (χ1n) is 5.82. The van der Waals surface area contributed by atoms with E-state index < -0.39 is 0 Å². The van der Waals surface area contributed by atoms with Crippen LogP contribution < -0.4 is 5.73 Å². The third-order valence-electron chi connectivity index (χ3n) is 2.97. The molecule has 88 valence electrons. The molecular weight excluding hydrogens is 232 g/mol. The van der Waals surface area contributed by atoms with Gasteiger partial charge in [0.25, 0.3) is 0 Å². The number of benzene rings is 1. The lowest BCUT2D eigenvalue weighted by atomic mass is 10.1. The molecule has 2 heterocycles. The van der Waals surface area contributed by atoms with Crippen LogP contribution in [0.5, 0.6) is 0 Å². The highest BCUT2D eigenvalue weighted by Crippen LogP contribution is 2.30. The molecule has 2 aromatic heterocycles. The van der Waals surface area contributed by atoms with Gasteiger partial charge in [-0.15, -0.1) is 10.2 Å². The summed E-state index contributed by atoms with van der Waals surface area (Å²) < 4.78 is 3.19. The van der Waals surface area contributed by atoms with Crippen LogP contribution in [-0.4, -0.2) is 14.6 Å². The zero-order chi connectivity index (χ0) is 11.8. The average Bonchev–Trinajstić information content (AvgIpc) is 2.87. The highest BCUT2D eigenvalue weighted by atomic mass is 32.1. The van der Waals surface area contributed by atoms with Gasteiger partial charge in [0, 0.05) is 0 Å². The number of fused-ring (bicyclic) bond motifs is 3. The third kappa shape index (κ3) is 1.58. The highest BCUT2D eigenvalue weighted by molar-refractivity contribution is 7.23. The SMILES string of the molecule is CCCCc1cccc2sc3nnc(N)n3c12. The minimum absolute atomic E-state index is 0.482. The van der Waals surface area contributed by atoms with Crippen molar-refractivity contribution in [3.8, 4) is 0 Å². The fourth-order valence-corrected chi connectivity index (χ4v) is 3.15. The number of nitrogens with zero attached hydrogens (tertiary/aromatic N) is 3. The first-order valence-corrected chi connectivity index (χ1v) is 6.64. The van der Waals surface area contributed by atoms with Crippen LogP contribution in [0.25, 0.3) is 15.2 Å². The van der Waals surface area contributed by atoms with E-state index in [4.69, 9.17) is 5.73 Å². The van der Waals surface area contributed by atoms with E-state index in [0.717, 1.165) is 11.4 Å². The fourth-order valence-electron chi connectivity index (χ4n) is 2.13. The monoisotopic (exact) mass is 246 g/mol. The van der Waals surface area contributed by atoms with Gasteiger partial charge in [0.1, 0.15) is 0 Å². The van der Waals surface area contributed by atoms with Crippen molar-refractivity contribution in [3.05, 3.63) is 23.8 Å². The summed E-state index contributed by atoms with van der Waals surface area (Å²) in [6.45, 7) is 2.20. The van der Waals surface area contributed by atoms with Crippen LogP contribution in [-0.2, 0) is 6.42 Å². The van der Waals surface area contributed by atoms with Gasteiger partial charge in [-0.1, -0.05) is 36.8 Å². The van der Waals surface area contributed by atoms with Crippen LogP contribution in [0.15, 0.2) is 18.2 Å². The summed E-state index contributed by atoms with van der Waals surface area (Å²) in [5, 5.41) is 8.01. The van der Waals surface area contributed by atoms with E-state index in [2.05, 4.69) is 35.3 Å². The fraction of sp³-hybridized carbons (Fsp3) is 0.333. The minimum Gasteiger partial charge on any atom is -0.368 e. The summed E-state index contributed by atoms with van der Waals surface area (Å²) in [6, 6.07) is 6.39. The molecule has 5 heteroatoms.